The Labute approximate surface area is 121 Å². The smallest absolute Gasteiger partial charge is 0.0753 e. The first kappa shape index (κ1) is 15.1. The van der Waals surface area contributed by atoms with Crippen LogP contribution in [0.5, 0.6) is 0 Å². The standard InChI is InChI=1S/C17H23NO2/c1-17(2)14-18(10-12-20-17)13-16-8-6-15(7-9-16)5-3-4-11-19/h6-9,19H,4,10-14H2,1-2H3. The normalized spacial score (nSPS) is 18.4. The number of morpholine rings is 1. The minimum atomic E-state index is -0.0477. The first-order valence-corrected chi connectivity index (χ1v) is 7.14. The summed E-state index contributed by atoms with van der Waals surface area (Å²) in [6.07, 6.45) is 0.532. The summed E-state index contributed by atoms with van der Waals surface area (Å²) in [5.74, 6) is 5.98. The van der Waals surface area contributed by atoms with Gasteiger partial charge in [0.15, 0.2) is 0 Å². The number of aliphatic hydroxyl groups is 1. The average Bonchev–Trinajstić information content (AvgIpc) is 2.40. The third-order valence-electron chi connectivity index (χ3n) is 3.33. The van der Waals surface area contributed by atoms with Crippen molar-refractivity contribution < 1.29 is 9.84 Å². The van der Waals surface area contributed by atoms with Crippen LogP contribution in [0.1, 0.15) is 31.4 Å². The molecule has 0 bridgehead atoms. The predicted octanol–water partition coefficient (Wildman–Crippen LogP) is 2.03. The van der Waals surface area contributed by atoms with Gasteiger partial charge in [0.1, 0.15) is 0 Å². The molecule has 1 saturated heterocycles. The molecule has 1 N–H and O–H groups in total. The zero-order chi connectivity index (χ0) is 14.4. The maximum absolute atomic E-state index is 8.69. The van der Waals surface area contributed by atoms with E-state index < -0.39 is 0 Å². The van der Waals surface area contributed by atoms with Crippen LogP contribution in [-0.2, 0) is 11.3 Å². The van der Waals surface area contributed by atoms with Crippen molar-refractivity contribution in [1.82, 2.24) is 4.90 Å². The zero-order valence-corrected chi connectivity index (χ0v) is 12.4. The molecule has 1 fully saturated rings. The van der Waals surface area contributed by atoms with Crippen LogP contribution in [0, 0.1) is 11.8 Å². The van der Waals surface area contributed by atoms with Crippen molar-refractivity contribution in [3.63, 3.8) is 0 Å². The van der Waals surface area contributed by atoms with Gasteiger partial charge in [-0.1, -0.05) is 24.0 Å². The van der Waals surface area contributed by atoms with Gasteiger partial charge in [-0.2, -0.15) is 0 Å². The lowest BCUT2D eigenvalue weighted by Gasteiger charge is -2.38. The van der Waals surface area contributed by atoms with Crippen LogP contribution < -0.4 is 0 Å². The fraction of sp³-hybridized carbons (Fsp3) is 0.529. The van der Waals surface area contributed by atoms with Gasteiger partial charge in [0.25, 0.3) is 0 Å². The van der Waals surface area contributed by atoms with Crippen molar-refractivity contribution in [3.8, 4) is 11.8 Å². The van der Waals surface area contributed by atoms with Gasteiger partial charge in [-0.05, 0) is 31.5 Å². The number of benzene rings is 1. The van der Waals surface area contributed by atoms with Crippen LogP contribution in [0.15, 0.2) is 24.3 Å². The lowest BCUT2D eigenvalue weighted by molar-refractivity contribution is -0.0882. The molecular weight excluding hydrogens is 250 g/mol. The quantitative estimate of drug-likeness (QED) is 0.855. The van der Waals surface area contributed by atoms with Crippen LogP contribution in [0.25, 0.3) is 0 Å². The van der Waals surface area contributed by atoms with Crippen molar-refractivity contribution in [1.29, 1.82) is 0 Å². The third kappa shape index (κ3) is 4.64. The van der Waals surface area contributed by atoms with E-state index >= 15 is 0 Å². The van der Waals surface area contributed by atoms with Gasteiger partial charge in [-0.3, -0.25) is 4.90 Å². The minimum Gasteiger partial charge on any atom is -0.395 e. The average molecular weight is 273 g/mol. The molecule has 0 unspecified atom stereocenters. The number of hydrogen-bond donors (Lipinski definition) is 1. The third-order valence-corrected chi connectivity index (χ3v) is 3.33. The summed E-state index contributed by atoms with van der Waals surface area (Å²) in [5.41, 5.74) is 2.26. The molecule has 0 radical (unpaired) electrons. The van der Waals surface area contributed by atoms with E-state index in [1.165, 1.54) is 5.56 Å². The summed E-state index contributed by atoms with van der Waals surface area (Å²) in [4.78, 5) is 2.43. The lowest BCUT2D eigenvalue weighted by Crippen LogP contribution is -2.47. The van der Waals surface area contributed by atoms with Crippen molar-refractivity contribution in [3.05, 3.63) is 35.4 Å². The molecule has 2 rings (SSSR count). The number of nitrogens with zero attached hydrogens (tertiary/aromatic N) is 1. The number of hydrogen-bond acceptors (Lipinski definition) is 3. The highest BCUT2D eigenvalue weighted by atomic mass is 16.5. The number of rotatable bonds is 3. The molecule has 0 aromatic heterocycles. The highest BCUT2D eigenvalue weighted by Gasteiger charge is 2.26. The van der Waals surface area contributed by atoms with E-state index in [-0.39, 0.29) is 12.2 Å². The topological polar surface area (TPSA) is 32.7 Å². The molecule has 1 aliphatic heterocycles. The van der Waals surface area contributed by atoms with Crippen LogP contribution in [0.4, 0.5) is 0 Å². The second-order valence-corrected chi connectivity index (χ2v) is 5.79. The molecule has 0 amide bonds. The maximum atomic E-state index is 8.69. The van der Waals surface area contributed by atoms with Crippen molar-refractivity contribution >= 4 is 0 Å². The van der Waals surface area contributed by atoms with E-state index in [1.807, 2.05) is 12.1 Å². The fourth-order valence-corrected chi connectivity index (χ4v) is 2.42. The second kappa shape index (κ2) is 6.90. The summed E-state index contributed by atoms with van der Waals surface area (Å²) in [7, 11) is 0. The maximum Gasteiger partial charge on any atom is 0.0753 e. The van der Waals surface area contributed by atoms with Crippen LogP contribution in [0.3, 0.4) is 0 Å². The molecule has 20 heavy (non-hydrogen) atoms. The van der Waals surface area contributed by atoms with Crippen LogP contribution in [-0.4, -0.2) is 41.9 Å². The van der Waals surface area contributed by atoms with Gasteiger partial charge in [-0.25, -0.2) is 0 Å². The van der Waals surface area contributed by atoms with Gasteiger partial charge >= 0.3 is 0 Å². The van der Waals surface area contributed by atoms with E-state index in [2.05, 4.69) is 42.7 Å². The molecule has 108 valence electrons. The van der Waals surface area contributed by atoms with Gasteiger partial charge in [0.05, 0.1) is 18.8 Å². The highest BCUT2D eigenvalue weighted by Crippen LogP contribution is 2.18. The Hall–Kier alpha value is -1.34. The molecule has 3 heteroatoms. The van der Waals surface area contributed by atoms with E-state index in [0.717, 1.165) is 31.8 Å². The van der Waals surface area contributed by atoms with E-state index in [0.29, 0.717) is 6.42 Å². The predicted molar refractivity (Wildman–Crippen MR) is 80.3 cm³/mol. The molecular formula is C17H23NO2. The number of aliphatic hydroxyl groups excluding tert-OH is 1. The Morgan fingerprint density at radius 1 is 1.30 bits per heavy atom. The first-order valence-electron chi connectivity index (χ1n) is 7.14. The van der Waals surface area contributed by atoms with E-state index in [9.17, 15) is 0 Å². The highest BCUT2D eigenvalue weighted by molar-refractivity contribution is 5.36. The molecule has 0 saturated carbocycles. The molecule has 3 nitrogen and oxygen atoms in total. The van der Waals surface area contributed by atoms with E-state index in [1.54, 1.807) is 0 Å². The Morgan fingerprint density at radius 3 is 2.70 bits per heavy atom. The van der Waals surface area contributed by atoms with Crippen molar-refractivity contribution in [2.24, 2.45) is 0 Å². The molecule has 0 aliphatic carbocycles. The SMILES string of the molecule is CC1(C)CN(Cc2ccc(C#CCCO)cc2)CCO1. The monoisotopic (exact) mass is 273 g/mol. The summed E-state index contributed by atoms with van der Waals surface area (Å²) < 4.78 is 5.73. The lowest BCUT2D eigenvalue weighted by atomic mass is 10.1. The first-order chi connectivity index (χ1) is 9.59. The molecule has 1 aromatic rings. The Morgan fingerprint density at radius 2 is 2.05 bits per heavy atom. The van der Waals surface area contributed by atoms with Gasteiger partial charge in [0.2, 0.25) is 0 Å². The van der Waals surface area contributed by atoms with Crippen molar-refractivity contribution in [2.45, 2.75) is 32.4 Å². The Balaban J connectivity index is 1.92. The van der Waals surface area contributed by atoms with Crippen LogP contribution in [0.2, 0.25) is 0 Å². The van der Waals surface area contributed by atoms with Gasteiger partial charge in [0, 0.05) is 31.6 Å². The number of ether oxygens (including phenoxy) is 1. The molecule has 1 aliphatic rings. The molecule has 0 atom stereocenters. The minimum absolute atomic E-state index is 0.0477. The summed E-state index contributed by atoms with van der Waals surface area (Å²) in [6, 6.07) is 8.35. The second-order valence-electron chi connectivity index (χ2n) is 5.79. The van der Waals surface area contributed by atoms with E-state index in [4.69, 9.17) is 9.84 Å². The van der Waals surface area contributed by atoms with Gasteiger partial charge < -0.3 is 9.84 Å². The van der Waals surface area contributed by atoms with Gasteiger partial charge in [-0.15, -0.1) is 0 Å². The van der Waals surface area contributed by atoms with Crippen LogP contribution >= 0.6 is 0 Å². The summed E-state index contributed by atoms with van der Waals surface area (Å²) in [6.45, 7) is 8.11. The Bertz CT molecular complexity index is 482. The zero-order valence-electron chi connectivity index (χ0n) is 12.4. The molecule has 1 aromatic carbocycles. The molecule has 1 heterocycles. The largest absolute Gasteiger partial charge is 0.395 e. The Kier molecular flexibility index (Phi) is 5.19. The molecule has 0 spiro atoms. The summed E-state index contributed by atoms with van der Waals surface area (Å²) >= 11 is 0. The van der Waals surface area contributed by atoms with Crippen molar-refractivity contribution in [2.75, 3.05) is 26.3 Å². The summed E-state index contributed by atoms with van der Waals surface area (Å²) in [5, 5.41) is 8.69. The fourth-order valence-electron chi connectivity index (χ4n) is 2.42.